The summed E-state index contributed by atoms with van der Waals surface area (Å²) in [5.41, 5.74) is 1.94. The molecule has 1 heterocycles. The number of amides is 2. The average molecular weight is 492 g/mol. The summed E-state index contributed by atoms with van der Waals surface area (Å²) in [5.74, 6) is -1.34. The molecule has 1 atom stereocenters. The van der Waals surface area contributed by atoms with Crippen molar-refractivity contribution in [1.29, 1.82) is 5.26 Å². The Kier molecular flexibility index (Phi) is 7.31. The Hall–Kier alpha value is -3.60. The van der Waals surface area contributed by atoms with Crippen molar-refractivity contribution in [3.05, 3.63) is 111 Å². The third-order valence-electron chi connectivity index (χ3n) is 5.20. The van der Waals surface area contributed by atoms with Crippen molar-refractivity contribution < 1.29 is 14.0 Å². The molecule has 0 spiro atoms. The van der Waals surface area contributed by atoms with Crippen LogP contribution in [0, 0.1) is 17.1 Å². The van der Waals surface area contributed by atoms with Gasteiger partial charge in [0.2, 0.25) is 5.91 Å². The number of nitriles is 1. The molecule has 0 aromatic heterocycles. The molecular weight excluding hydrogens is 473 g/mol. The Morgan fingerprint density at radius 2 is 1.76 bits per heavy atom. The van der Waals surface area contributed by atoms with Crippen LogP contribution in [0.1, 0.15) is 11.1 Å². The molecule has 2 amide bonds. The minimum absolute atomic E-state index is 0.174. The quantitative estimate of drug-likeness (QED) is 0.379. The molecule has 1 aliphatic heterocycles. The van der Waals surface area contributed by atoms with Crippen LogP contribution in [0.2, 0.25) is 5.02 Å². The first-order chi connectivity index (χ1) is 16.5. The fourth-order valence-electron chi connectivity index (χ4n) is 3.56. The Morgan fingerprint density at radius 3 is 2.44 bits per heavy atom. The lowest BCUT2D eigenvalue weighted by molar-refractivity contribution is -0.117. The van der Waals surface area contributed by atoms with E-state index >= 15 is 0 Å². The Labute approximate surface area is 205 Å². The molecule has 0 saturated carbocycles. The van der Waals surface area contributed by atoms with Gasteiger partial charge in [-0.05, 0) is 53.9 Å². The van der Waals surface area contributed by atoms with Gasteiger partial charge in [-0.25, -0.2) is 4.39 Å². The Bertz CT molecular complexity index is 1290. The standard InChI is InChI=1S/C26H19ClFN3O2S/c27-19-8-4-7-18(13-19)14-23-25(33)31(21-11-9-20(28)10-12-21)26(34-23)22(15-29)24(32)30-16-17-5-2-1-3-6-17/h1-13,23H,14,16H2,(H,30,32)/b26-22-/t23-/m0/s1. The van der Waals surface area contributed by atoms with Gasteiger partial charge in [0.15, 0.2) is 0 Å². The summed E-state index contributed by atoms with van der Waals surface area (Å²) < 4.78 is 13.5. The van der Waals surface area contributed by atoms with E-state index in [2.05, 4.69) is 5.32 Å². The summed E-state index contributed by atoms with van der Waals surface area (Å²) in [5, 5.41) is 12.8. The van der Waals surface area contributed by atoms with Gasteiger partial charge in [-0.3, -0.25) is 14.5 Å². The lowest BCUT2D eigenvalue weighted by atomic mass is 10.1. The fourth-order valence-corrected chi connectivity index (χ4v) is 5.08. The molecule has 0 bridgehead atoms. The first-order valence-corrected chi connectivity index (χ1v) is 11.7. The first kappa shape index (κ1) is 23.6. The van der Waals surface area contributed by atoms with E-state index in [4.69, 9.17) is 11.6 Å². The maximum atomic E-state index is 13.5. The van der Waals surface area contributed by atoms with E-state index in [1.807, 2.05) is 42.5 Å². The number of halogens is 2. The summed E-state index contributed by atoms with van der Waals surface area (Å²) in [6, 6.07) is 23.8. The van der Waals surface area contributed by atoms with E-state index < -0.39 is 17.0 Å². The van der Waals surface area contributed by atoms with Gasteiger partial charge in [-0.15, -0.1) is 0 Å². The summed E-state index contributed by atoms with van der Waals surface area (Å²) >= 11 is 7.24. The summed E-state index contributed by atoms with van der Waals surface area (Å²) in [6.45, 7) is 0.235. The SMILES string of the molecule is N#C/C(C(=O)NCc1ccccc1)=C1/S[C@@H](Cc2cccc(Cl)c2)C(=O)N1c1ccc(F)cc1. The number of hydrogen-bond donors (Lipinski definition) is 1. The number of carbonyl (C=O) groups is 2. The van der Waals surface area contributed by atoms with Crippen molar-refractivity contribution in [1.82, 2.24) is 5.32 Å². The molecule has 0 unspecified atom stereocenters. The summed E-state index contributed by atoms with van der Waals surface area (Å²) in [7, 11) is 0. The van der Waals surface area contributed by atoms with Crippen molar-refractivity contribution in [3.63, 3.8) is 0 Å². The second kappa shape index (κ2) is 10.6. The van der Waals surface area contributed by atoms with Gasteiger partial charge in [0.1, 0.15) is 22.5 Å². The van der Waals surface area contributed by atoms with Crippen LogP contribution in [0.4, 0.5) is 10.1 Å². The molecule has 3 aromatic carbocycles. The molecule has 170 valence electrons. The van der Waals surface area contributed by atoms with Crippen LogP contribution in [-0.4, -0.2) is 17.1 Å². The lowest BCUT2D eigenvalue weighted by Gasteiger charge is -2.18. The minimum atomic E-state index is -0.586. The molecule has 1 aliphatic rings. The maximum Gasteiger partial charge on any atom is 0.264 e. The van der Waals surface area contributed by atoms with Gasteiger partial charge < -0.3 is 5.32 Å². The van der Waals surface area contributed by atoms with Crippen LogP contribution < -0.4 is 10.2 Å². The van der Waals surface area contributed by atoms with Crippen molar-refractivity contribution in [2.45, 2.75) is 18.2 Å². The Balaban J connectivity index is 1.67. The summed E-state index contributed by atoms with van der Waals surface area (Å²) in [6.07, 6.45) is 0.357. The second-order valence-corrected chi connectivity index (χ2v) is 9.18. The molecule has 1 fully saturated rings. The fraction of sp³-hybridized carbons (Fsp3) is 0.115. The van der Waals surface area contributed by atoms with Gasteiger partial charge >= 0.3 is 0 Å². The molecule has 3 aromatic rings. The topological polar surface area (TPSA) is 73.2 Å². The normalized spacial score (nSPS) is 16.8. The van der Waals surface area contributed by atoms with Crippen LogP contribution in [-0.2, 0) is 22.6 Å². The van der Waals surface area contributed by atoms with E-state index in [0.717, 1.165) is 22.9 Å². The maximum absolute atomic E-state index is 13.5. The van der Waals surface area contributed by atoms with Gasteiger partial charge in [0.25, 0.3) is 5.91 Å². The number of hydrogen-bond acceptors (Lipinski definition) is 4. The number of nitrogens with zero attached hydrogens (tertiary/aromatic N) is 2. The molecule has 1 N–H and O–H groups in total. The van der Waals surface area contributed by atoms with Crippen molar-refractivity contribution in [3.8, 4) is 6.07 Å². The largest absolute Gasteiger partial charge is 0.347 e. The van der Waals surface area contributed by atoms with E-state index in [0.29, 0.717) is 17.1 Å². The number of carbonyl (C=O) groups excluding carboxylic acids is 2. The third kappa shape index (κ3) is 5.30. The monoisotopic (exact) mass is 491 g/mol. The van der Waals surface area contributed by atoms with E-state index in [-0.39, 0.29) is 23.1 Å². The van der Waals surface area contributed by atoms with Crippen LogP contribution in [0.3, 0.4) is 0 Å². The number of benzene rings is 3. The second-order valence-electron chi connectivity index (χ2n) is 7.55. The zero-order valence-corrected chi connectivity index (χ0v) is 19.4. The van der Waals surface area contributed by atoms with Gasteiger partial charge in [0, 0.05) is 17.3 Å². The predicted octanol–water partition coefficient (Wildman–Crippen LogP) is 5.22. The zero-order valence-electron chi connectivity index (χ0n) is 17.9. The predicted molar refractivity (Wildman–Crippen MR) is 131 cm³/mol. The van der Waals surface area contributed by atoms with Gasteiger partial charge in [-0.2, -0.15) is 5.26 Å². The van der Waals surface area contributed by atoms with Crippen LogP contribution >= 0.6 is 23.4 Å². The van der Waals surface area contributed by atoms with Crippen LogP contribution in [0.5, 0.6) is 0 Å². The van der Waals surface area contributed by atoms with E-state index in [9.17, 15) is 19.2 Å². The molecular formula is C26H19ClFN3O2S. The zero-order chi connectivity index (χ0) is 24.1. The van der Waals surface area contributed by atoms with E-state index in [1.54, 1.807) is 18.2 Å². The van der Waals surface area contributed by atoms with Crippen LogP contribution in [0.15, 0.2) is 89.5 Å². The van der Waals surface area contributed by atoms with E-state index in [1.165, 1.54) is 29.2 Å². The molecule has 5 nitrogen and oxygen atoms in total. The first-order valence-electron chi connectivity index (χ1n) is 10.4. The smallest absolute Gasteiger partial charge is 0.264 e. The number of anilines is 1. The molecule has 0 aliphatic carbocycles. The third-order valence-corrected chi connectivity index (χ3v) is 6.69. The van der Waals surface area contributed by atoms with Gasteiger partial charge in [0.05, 0.1) is 5.25 Å². The summed E-state index contributed by atoms with van der Waals surface area (Å²) in [4.78, 5) is 27.7. The average Bonchev–Trinajstić information content (AvgIpc) is 3.15. The highest BCUT2D eigenvalue weighted by molar-refractivity contribution is 8.05. The van der Waals surface area contributed by atoms with Crippen molar-refractivity contribution >= 4 is 40.9 Å². The highest BCUT2D eigenvalue weighted by Gasteiger charge is 2.40. The number of nitrogens with one attached hydrogen (secondary N) is 1. The highest BCUT2D eigenvalue weighted by Crippen LogP contribution is 2.42. The highest BCUT2D eigenvalue weighted by atomic mass is 35.5. The number of thioether (sulfide) groups is 1. The molecule has 4 rings (SSSR count). The lowest BCUT2D eigenvalue weighted by Crippen LogP contribution is -2.32. The molecule has 8 heteroatoms. The van der Waals surface area contributed by atoms with Crippen molar-refractivity contribution in [2.24, 2.45) is 0 Å². The van der Waals surface area contributed by atoms with Gasteiger partial charge in [-0.1, -0.05) is 65.8 Å². The molecule has 0 radical (unpaired) electrons. The number of rotatable bonds is 6. The molecule has 1 saturated heterocycles. The van der Waals surface area contributed by atoms with Crippen LogP contribution in [0.25, 0.3) is 0 Å². The minimum Gasteiger partial charge on any atom is -0.347 e. The molecule has 34 heavy (non-hydrogen) atoms. The Morgan fingerprint density at radius 1 is 1.06 bits per heavy atom. The van der Waals surface area contributed by atoms with Crippen molar-refractivity contribution in [2.75, 3.05) is 4.90 Å².